The highest BCUT2D eigenvalue weighted by molar-refractivity contribution is 6.43. The molecule has 0 spiro atoms. The maximum absolute atomic E-state index is 12.9. The Morgan fingerprint density at radius 2 is 1.39 bits per heavy atom. The van der Waals surface area contributed by atoms with Crippen molar-refractivity contribution in [3.05, 3.63) is 29.8 Å². The predicted molar refractivity (Wildman–Crippen MR) is 173 cm³/mol. The van der Waals surface area contributed by atoms with Gasteiger partial charge in [-0.2, -0.15) is 0 Å². The third kappa shape index (κ3) is 10.9. The molecule has 6 N–H and O–H groups in total. The molecule has 2 bridgehead atoms. The number of carboxylic acids is 1. The van der Waals surface area contributed by atoms with Gasteiger partial charge in [-0.05, 0) is 76.5 Å². The summed E-state index contributed by atoms with van der Waals surface area (Å²) in [5.74, 6) is -2.42. The molecule has 3 heterocycles. The normalized spacial score (nSPS) is 24.1. The number of rotatable bonds is 10. The van der Waals surface area contributed by atoms with Gasteiger partial charge < -0.3 is 35.2 Å². The molecule has 0 aliphatic carbocycles. The Morgan fingerprint density at radius 1 is 0.804 bits per heavy atom. The van der Waals surface area contributed by atoms with Gasteiger partial charge in [-0.1, -0.05) is 0 Å². The van der Waals surface area contributed by atoms with E-state index in [4.69, 9.17) is 0 Å². The van der Waals surface area contributed by atoms with E-state index in [9.17, 15) is 34.3 Å². The summed E-state index contributed by atoms with van der Waals surface area (Å²) in [5.41, 5.74) is 6.60. The molecule has 0 aromatic heterocycles. The third-order valence-corrected chi connectivity index (χ3v) is 8.96. The van der Waals surface area contributed by atoms with Crippen molar-refractivity contribution >= 4 is 36.5 Å². The number of likely N-dealkylation sites (tertiary alicyclic amines) is 1. The average molecular weight is 645 g/mol. The number of aliphatic carboxylic acids is 1. The van der Waals surface area contributed by atoms with Crippen LogP contribution >= 0.6 is 0 Å². The van der Waals surface area contributed by atoms with Crippen LogP contribution in [-0.4, -0.2) is 168 Å². The fourth-order valence-corrected chi connectivity index (χ4v) is 6.34. The number of fused-ring (bicyclic) bond motifs is 3. The summed E-state index contributed by atoms with van der Waals surface area (Å²) >= 11 is 0. The van der Waals surface area contributed by atoms with E-state index in [1.165, 1.54) is 4.90 Å². The number of nitrogens with zero attached hydrogens (tertiary/aromatic N) is 5. The number of benzene rings is 1. The number of amides is 3. The molecule has 46 heavy (non-hydrogen) atoms. The lowest BCUT2D eigenvalue weighted by Crippen LogP contribution is -2.52. The predicted octanol–water partition coefficient (Wildman–Crippen LogP) is -1.65. The van der Waals surface area contributed by atoms with Crippen molar-refractivity contribution in [2.75, 3.05) is 90.5 Å². The first kappa shape index (κ1) is 35.6. The van der Waals surface area contributed by atoms with Gasteiger partial charge in [0, 0.05) is 57.9 Å². The Labute approximate surface area is 271 Å². The molecule has 3 aliphatic rings. The quantitative estimate of drug-likeness (QED) is 0.126. The highest BCUT2D eigenvalue weighted by Gasteiger charge is 2.38. The van der Waals surface area contributed by atoms with Gasteiger partial charge in [0.05, 0.1) is 24.7 Å². The second-order valence-electron chi connectivity index (χ2n) is 12.4. The van der Waals surface area contributed by atoms with Crippen molar-refractivity contribution in [1.82, 2.24) is 35.2 Å². The second kappa shape index (κ2) is 17.6. The number of anilines is 1. The van der Waals surface area contributed by atoms with Crippen molar-refractivity contribution in [3.8, 4) is 0 Å². The van der Waals surface area contributed by atoms with Crippen LogP contribution in [0.15, 0.2) is 24.3 Å². The summed E-state index contributed by atoms with van der Waals surface area (Å²) in [5, 5.41) is 31.0. The van der Waals surface area contributed by atoms with Crippen LogP contribution in [0.5, 0.6) is 0 Å². The average Bonchev–Trinajstić information content (AvgIpc) is 3.53. The molecule has 0 saturated carbocycles. The van der Waals surface area contributed by atoms with Crippen LogP contribution in [0, 0.1) is 0 Å². The molecular formula is C30H49BN8O7. The second-order valence-corrected chi connectivity index (χ2v) is 12.4. The van der Waals surface area contributed by atoms with Crippen LogP contribution in [0.4, 0.5) is 5.69 Å². The first-order chi connectivity index (χ1) is 22.1. The molecule has 254 valence electrons. The van der Waals surface area contributed by atoms with Gasteiger partial charge >= 0.3 is 13.1 Å². The maximum Gasteiger partial charge on any atom is 0.475 e. The Hall–Kier alpha value is -3.28. The molecule has 2 unspecified atom stereocenters. The molecule has 3 saturated heterocycles. The fraction of sp³-hybridized carbons (Fsp3) is 0.667. The molecule has 0 radical (unpaired) electrons. The molecule has 1 aromatic rings. The number of nitrogens with one attached hydrogen (secondary N) is 3. The topological polar surface area (TPSA) is 181 Å². The molecule has 3 amide bonds. The first-order valence-corrected chi connectivity index (χ1v) is 16.3. The molecule has 16 heteroatoms. The van der Waals surface area contributed by atoms with E-state index in [1.807, 2.05) is 4.90 Å². The largest absolute Gasteiger partial charge is 0.480 e. The van der Waals surface area contributed by atoms with E-state index in [1.54, 1.807) is 31.2 Å². The summed E-state index contributed by atoms with van der Waals surface area (Å²) in [6.07, 6.45) is 2.99. The zero-order valence-electron chi connectivity index (χ0n) is 26.8. The maximum atomic E-state index is 12.9. The van der Waals surface area contributed by atoms with Crippen molar-refractivity contribution in [2.24, 2.45) is 0 Å². The summed E-state index contributed by atoms with van der Waals surface area (Å²) in [4.78, 5) is 60.0. The fourth-order valence-electron chi connectivity index (χ4n) is 6.34. The Bertz CT molecular complexity index is 1180. The number of hydrazine groups is 1. The van der Waals surface area contributed by atoms with E-state index in [2.05, 4.69) is 30.9 Å². The summed E-state index contributed by atoms with van der Waals surface area (Å²) in [7, 11) is -1.62. The zero-order chi connectivity index (χ0) is 33.1. The van der Waals surface area contributed by atoms with Crippen LogP contribution in [0.3, 0.4) is 0 Å². The third-order valence-electron chi connectivity index (χ3n) is 8.96. The Kier molecular flexibility index (Phi) is 13.6. The van der Waals surface area contributed by atoms with Gasteiger partial charge in [0.2, 0.25) is 5.91 Å². The highest BCUT2D eigenvalue weighted by Crippen LogP contribution is 2.19. The molecular weight excluding hydrogens is 595 g/mol. The van der Waals surface area contributed by atoms with Gasteiger partial charge in [-0.25, -0.2) is 0 Å². The standard InChI is InChI=1S/C30H49BN8O7/c1-23(30(44)39-14-2-5-26(39)31(45)46)32-29(43)24-6-8-25(9-7-24)33-34-27(40)21-37-12-3-10-36-16-15-35(17-19-37)11-4-13-38(20-18-36)22-28(41)42/h6-9,23,26,33,45-46H,2-5,10-22H2,1H3,(H,32,43)(H,34,40)(H,41,42)/t23-,26+/m1/s1. The minimum Gasteiger partial charge on any atom is -0.480 e. The number of carbonyl (C=O) groups is 4. The smallest absolute Gasteiger partial charge is 0.475 e. The Morgan fingerprint density at radius 3 is 1.98 bits per heavy atom. The van der Waals surface area contributed by atoms with Gasteiger partial charge in [0.1, 0.15) is 6.04 Å². The van der Waals surface area contributed by atoms with Crippen LogP contribution in [0.1, 0.15) is 43.0 Å². The van der Waals surface area contributed by atoms with Gasteiger partial charge in [0.15, 0.2) is 0 Å². The summed E-state index contributed by atoms with van der Waals surface area (Å²) in [6.45, 7) is 10.7. The van der Waals surface area contributed by atoms with Gasteiger partial charge in [-0.3, -0.25) is 39.8 Å². The Balaban J connectivity index is 1.22. The lowest BCUT2D eigenvalue weighted by Gasteiger charge is -2.35. The molecule has 3 aliphatic heterocycles. The van der Waals surface area contributed by atoms with E-state index in [0.29, 0.717) is 30.6 Å². The van der Waals surface area contributed by atoms with Crippen LogP contribution in [0.2, 0.25) is 0 Å². The number of hydrogen-bond acceptors (Lipinski definition) is 11. The first-order valence-electron chi connectivity index (χ1n) is 16.3. The van der Waals surface area contributed by atoms with Crippen molar-refractivity contribution < 1.29 is 34.3 Å². The number of carboxylic acid groups (broad SMARTS) is 1. The minimum absolute atomic E-state index is 0.0741. The molecule has 4 atom stereocenters. The SMILES string of the molecule is C[C@@H](NC(=O)c1ccc(NNC(=O)CN2CCCN3CCN(CCCN(CC(=O)O)CC3)CC2)cc1)C(=O)N1CCC[C@H]1B(O)O. The van der Waals surface area contributed by atoms with Crippen molar-refractivity contribution in [1.29, 1.82) is 0 Å². The van der Waals surface area contributed by atoms with E-state index < -0.39 is 31.0 Å². The van der Waals surface area contributed by atoms with E-state index in [-0.39, 0.29) is 24.9 Å². The lowest BCUT2D eigenvalue weighted by molar-refractivity contribution is -0.138. The number of carbonyl (C=O) groups excluding carboxylic acids is 3. The van der Waals surface area contributed by atoms with Crippen molar-refractivity contribution in [3.63, 3.8) is 0 Å². The monoisotopic (exact) mass is 644 g/mol. The summed E-state index contributed by atoms with van der Waals surface area (Å²) in [6, 6.07) is 5.69. The highest BCUT2D eigenvalue weighted by atomic mass is 16.4. The van der Waals surface area contributed by atoms with Crippen LogP contribution in [-0.2, 0) is 14.4 Å². The van der Waals surface area contributed by atoms with Gasteiger partial charge in [0.25, 0.3) is 11.8 Å². The van der Waals surface area contributed by atoms with Gasteiger partial charge in [-0.15, -0.1) is 0 Å². The van der Waals surface area contributed by atoms with Crippen LogP contribution in [0.25, 0.3) is 0 Å². The van der Waals surface area contributed by atoms with Crippen molar-refractivity contribution in [2.45, 2.75) is 44.6 Å². The molecule has 4 rings (SSSR count). The minimum atomic E-state index is -1.62. The molecule has 3 fully saturated rings. The van der Waals surface area contributed by atoms with E-state index >= 15 is 0 Å². The van der Waals surface area contributed by atoms with Crippen LogP contribution < -0.4 is 16.2 Å². The number of hydrogen-bond donors (Lipinski definition) is 6. The molecule has 1 aromatic carbocycles. The zero-order valence-corrected chi connectivity index (χ0v) is 26.8. The molecule has 15 nitrogen and oxygen atoms in total. The summed E-state index contributed by atoms with van der Waals surface area (Å²) < 4.78 is 0. The van der Waals surface area contributed by atoms with E-state index in [0.717, 1.165) is 78.3 Å². The lowest BCUT2D eigenvalue weighted by atomic mass is 9.78.